The van der Waals surface area contributed by atoms with Gasteiger partial charge in [-0.25, -0.2) is 4.98 Å². The molecule has 0 bridgehead atoms. The van der Waals surface area contributed by atoms with Crippen molar-refractivity contribution < 1.29 is 0 Å². The molecule has 4 rings (SSSR count). The molecule has 0 amide bonds. The molecule has 5 heteroatoms. The van der Waals surface area contributed by atoms with Crippen LogP contribution in [0.2, 0.25) is 0 Å². The summed E-state index contributed by atoms with van der Waals surface area (Å²) in [7, 11) is 0. The van der Waals surface area contributed by atoms with E-state index in [2.05, 4.69) is 76.4 Å². The lowest BCUT2D eigenvalue weighted by molar-refractivity contribution is 0.687. The number of hydrogen-bond donors (Lipinski definition) is 1. The zero-order chi connectivity index (χ0) is 17.2. The first kappa shape index (κ1) is 15.4. The number of rotatable bonds is 5. The average molecular weight is 331 g/mol. The van der Waals surface area contributed by atoms with E-state index in [0.717, 1.165) is 35.7 Å². The standard InChI is InChI=1S/C20H21N5/c1-3-21-19-15(2)9-10-25-18(12-22-20(19)25)17-11-23-24(14-17)13-16-7-5-4-6-8-16/h4-12,14,21H,3,13H2,1-2H3. The molecule has 0 fully saturated rings. The van der Waals surface area contributed by atoms with Gasteiger partial charge in [-0.15, -0.1) is 0 Å². The molecule has 5 nitrogen and oxygen atoms in total. The second-order valence-electron chi connectivity index (χ2n) is 6.15. The van der Waals surface area contributed by atoms with Crippen molar-refractivity contribution in [2.75, 3.05) is 11.9 Å². The summed E-state index contributed by atoms with van der Waals surface area (Å²) >= 11 is 0. The molecule has 3 aromatic heterocycles. The predicted molar refractivity (Wildman–Crippen MR) is 101 cm³/mol. The summed E-state index contributed by atoms with van der Waals surface area (Å²) in [6.07, 6.45) is 7.96. The van der Waals surface area contributed by atoms with E-state index < -0.39 is 0 Å². The van der Waals surface area contributed by atoms with Crippen molar-refractivity contribution in [3.8, 4) is 11.3 Å². The molecule has 0 atom stereocenters. The Morgan fingerprint density at radius 1 is 1.08 bits per heavy atom. The van der Waals surface area contributed by atoms with Gasteiger partial charge in [0.1, 0.15) is 0 Å². The van der Waals surface area contributed by atoms with E-state index in [1.54, 1.807) is 0 Å². The van der Waals surface area contributed by atoms with Crippen LogP contribution in [0.1, 0.15) is 18.1 Å². The van der Waals surface area contributed by atoms with Crippen LogP contribution in [0.3, 0.4) is 0 Å². The lowest BCUT2D eigenvalue weighted by Crippen LogP contribution is -2.02. The van der Waals surface area contributed by atoms with Crippen molar-refractivity contribution in [3.05, 3.63) is 72.3 Å². The van der Waals surface area contributed by atoms with Crippen LogP contribution in [0.15, 0.2) is 61.2 Å². The summed E-state index contributed by atoms with van der Waals surface area (Å²) in [5, 5.41) is 7.93. The highest BCUT2D eigenvalue weighted by molar-refractivity contribution is 5.75. The smallest absolute Gasteiger partial charge is 0.161 e. The molecule has 0 spiro atoms. The van der Waals surface area contributed by atoms with Gasteiger partial charge in [0.25, 0.3) is 0 Å². The van der Waals surface area contributed by atoms with E-state index >= 15 is 0 Å². The number of hydrogen-bond acceptors (Lipinski definition) is 3. The minimum absolute atomic E-state index is 0.763. The van der Waals surface area contributed by atoms with Crippen molar-refractivity contribution in [1.29, 1.82) is 0 Å². The Hall–Kier alpha value is -3.08. The zero-order valence-corrected chi connectivity index (χ0v) is 14.5. The Morgan fingerprint density at radius 2 is 1.92 bits per heavy atom. The van der Waals surface area contributed by atoms with Gasteiger partial charge in [-0.2, -0.15) is 5.10 Å². The average Bonchev–Trinajstić information content (AvgIpc) is 3.25. The quantitative estimate of drug-likeness (QED) is 0.601. The van der Waals surface area contributed by atoms with Crippen LogP contribution in [-0.4, -0.2) is 25.7 Å². The molecule has 1 aromatic carbocycles. The maximum absolute atomic E-state index is 4.63. The molecule has 0 aliphatic carbocycles. The number of nitrogens with zero attached hydrogens (tertiary/aromatic N) is 4. The SMILES string of the molecule is CCNc1c(C)ccn2c(-c3cnn(Cc4ccccc4)c3)cnc12. The van der Waals surface area contributed by atoms with Gasteiger partial charge in [-0.3, -0.25) is 9.08 Å². The van der Waals surface area contributed by atoms with Crippen LogP contribution in [0.25, 0.3) is 16.9 Å². The van der Waals surface area contributed by atoms with Gasteiger partial charge in [0.05, 0.1) is 30.3 Å². The predicted octanol–water partition coefficient (Wildman–Crippen LogP) is 3.99. The van der Waals surface area contributed by atoms with Gasteiger partial charge < -0.3 is 5.32 Å². The van der Waals surface area contributed by atoms with Crippen molar-refractivity contribution in [2.24, 2.45) is 0 Å². The summed E-state index contributed by atoms with van der Waals surface area (Å²) in [6, 6.07) is 12.5. The van der Waals surface area contributed by atoms with E-state index in [4.69, 9.17) is 0 Å². The minimum atomic E-state index is 0.763. The molecule has 0 saturated heterocycles. The van der Waals surface area contributed by atoms with Crippen LogP contribution in [0.5, 0.6) is 0 Å². The molecule has 0 aliphatic heterocycles. The molecule has 4 aromatic rings. The topological polar surface area (TPSA) is 47.1 Å². The Labute approximate surface area is 147 Å². The van der Waals surface area contributed by atoms with Crippen LogP contribution in [0.4, 0.5) is 5.69 Å². The number of nitrogens with one attached hydrogen (secondary N) is 1. The first-order chi connectivity index (χ1) is 12.3. The highest BCUT2D eigenvalue weighted by atomic mass is 15.3. The molecule has 1 N–H and O–H groups in total. The zero-order valence-electron chi connectivity index (χ0n) is 14.5. The van der Waals surface area contributed by atoms with Crippen molar-refractivity contribution in [1.82, 2.24) is 19.2 Å². The third kappa shape index (κ3) is 2.89. The van der Waals surface area contributed by atoms with Crippen molar-refractivity contribution in [3.63, 3.8) is 0 Å². The molecule has 0 aliphatic rings. The van der Waals surface area contributed by atoms with Crippen LogP contribution >= 0.6 is 0 Å². The van der Waals surface area contributed by atoms with Gasteiger partial charge in [0.2, 0.25) is 0 Å². The molecule has 0 radical (unpaired) electrons. The molecule has 126 valence electrons. The first-order valence-electron chi connectivity index (χ1n) is 8.53. The monoisotopic (exact) mass is 331 g/mol. The second kappa shape index (κ2) is 6.43. The maximum atomic E-state index is 4.63. The fourth-order valence-electron chi connectivity index (χ4n) is 3.10. The normalized spacial score (nSPS) is 11.1. The second-order valence-corrected chi connectivity index (χ2v) is 6.15. The molecule has 3 heterocycles. The van der Waals surface area contributed by atoms with Crippen LogP contribution in [-0.2, 0) is 6.54 Å². The van der Waals surface area contributed by atoms with E-state index in [0.29, 0.717) is 0 Å². The molecule has 25 heavy (non-hydrogen) atoms. The Morgan fingerprint density at radius 3 is 2.72 bits per heavy atom. The third-order valence-electron chi connectivity index (χ3n) is 4.36. The number of fused-ring (bicyclic) bond motifs is 1. The largest absolute Gasteiger partial charge is 0.382 e. The number of pyridine rings is 1. The summed E-state index contributed by atoms with van der Waals surface area (Å²) in [5.41, 5.74) is 6.59. The summed E-state index contributed by atoms with van der Waals surface area (Å²) in [6.45, 7) is 5.84. The summed E-state index contributed by atoms with van der Waals surface area (Å²) in [5.74, 6) is 0. The van der Waals surface area contributed by atoms with Crippen molar-refractivity contribution >= 4 is 11.3 Å². The first-order valence-corrected chi connectivity index (χ1v) is 8.53. The number of aryl methyl sites for hydroxylation is 1. The van der Waals surface area contributed by atoms with E-state index in [1.807, 2.05) is 23.1 Å². The summed E-state index contributed by atoms with van der Waals surface area (Å²) < 4.78 is 4.08. The van der Waals surface area contributed by atoms with Gasteiger partial charge >= 0.3 is 0 Å². The minimum Gasteiger partial charge on any atom is -0.382 e. The molecule has 0 saturated carbocycles. The lowest BCUT2D eigenvalue weighted by atomic mass is 10.2. The van der Waals surface area contributed by atoms with Gasteiger partial charge in [0.15, 0.2) is 5.65 Å². The highest BCUT2D eigenvalue weighted by Crippen LogP contribution is 2.26. The third-order valence-corrected chi connectivity index (χ3v) is 4.36. The molecular weight excluding hydrogens is 310 g/mol. The molecular formula is C20H21N5. The fourth-order valence-corrected chi connectivity index (χ4v) is 3.10. The summed E-state index contributed by atoms with van der Waals surface area (Å²) in [4.78, 5) is 4.63. The van der Waals surface area contributed by atoms with Gasteiger partial charge in [0, 0.05) is 24.5 Å². The Balaban J connectivity index is 1.70. The van der Waals surface area contributed by atoms with Crippen molar-refractivity contribution in [2.45, 2.75) is 20.4 Å². The number of aromatic nitrogens is 4. The van der Waals surface area contributed by atoms with Gasteiger partial charge in [-0.05, 0) is 31.0 Å². The fraction of sp³-hybridized carbons (Fsp3) is 0.200. The number of benzene rings is 1. The number of imidazole rings is 1. The Bertz CT molecular complexity index is 998. The molecule has 0 unspecified atom stereocenters. The van der Waals surface area contributed by atoms with Crippen LogP contribution < -0.4 is 5.32 Å². The maximum Gasteiger partial charge on any atom is 0.161 e. The highest BCUT2D eigenvalue weighted by Gasteiger charge is 2.12. The lowest BCUT2D eigenvalue weighted by Gasteiger charge is -2.09. The van der Waals surface area contributed by atoms with E-state index in [9.17, 15) is 0 Å². The van der Waals surface area contributed by atoms with Crippen LogP contribution in [0, 0.1) is 6.92 Å². The Kier molecular flexibility index (Phi) is 3.98. The van der Waals surface area contributed by atoms with E-state index in [1.165, 1.54) is 11.1 Å². The van der Waals surface area contributed by atoms with Gasteiger partial charge in [-0.1, -0.05) is 30.3 Å². The number of anilines is 1. The van der Waals surface area contributed by atoms with E-state index in [-0.39, 0.29) is 0 Å².